The van der Waals surface area contributed by atoms with Gasteiger partial charge in [0.15, 0.2) is 17.5 Å². The molecule has 1 N–H and O–H groups in total. The summed E-state index contributed by atoms with van der Waals surface area (Å²) in [6.45, 7) is 0. The van der Waals surface area contributed by atoms with Crippen LogP contribution in [0.2, 0.25) is 10.0 Å². The minimum absolute atomic E-state index is 0.103. The zero-order valence-electron chi connectivity index (χ0n) is 9.68. The predicted octanol–water partition coefficient (Wildman–Crippen LogP) is 4.66. The van der Waals surface area contributed by atoms with E-state index in [0.717, 1.165) is 0 Å². The smallest absolute Gasteiger partial charge is 0.255 e. The van der Waals surface area contributed by atoms with Crippen molar-refractivity contribution in [3.63, 3.8) is 0 Å². The van der Waals surface area contributed by atoms with E-state index in [1.54, 1.807) is 6.07 Å². The summed E-state index contributed by atoms with van der Waals surface area (Å²) in [5, 5.41) is 2.63. The number of rotatable bonds is 2. The first-order valence-corrected chi connectivity index (χ1v) is 6.05. The van der Waals surface area contributed by atoms with Crippen LogP contribution < -0.4 is 5.32 Å². The van der Waals surface area contributed by atoms with Crippen molar-refractivity contribution in [1.82, 2.24) is 0 Å². The maximum atomic E-state index is 13.1. The van der Waals surface area contributed by atoms with Crippen LogP contribution in [0.1, 0.15) is 10.4 Å². The number of hydrogen-bond donors (Lipinski definition) is 1. The van der Waals surface area contributed by atoms with Crippen molar-refractivity contribution in [1.29, 1.82) is 0 Å². The van der Waals surface area contributed by atoms with Gasteiger partial charge in [0.25, 0.3) is 5.91 Å². The van der Waals surface area contributed by atoms with Crippen LogP contribution in [0, 0.1) is 17.5 Å². The van der Waals surface area contributed by atoms with Gasteiger partial charge >= 0.3 is 0 Å². The van der Waals surface area contributed by atoms with Crippen LogP contribution in [0.4, 0.5) is 18.9 Å². The van der Waals surface area contributed by atoms with Crippen molar-refractivity contribution >= 4 is 34.8 Å². The van der Waals surface area contributed by atoms with E-state index >= 15 is 0 Å². The minimum atomic E-state index is -1.64. The monoisotopic (exact) mass is 319 g/mol. The Bertz CT molecular complexity index is 648. The lowest BCUT2D eigenvalue weighted by Crippen LogP contribution is -2.14. The normalized spacial score (nSPS) is 10.4. The second-order valence-electron chi connectivity index (χ2n) is 3.80. The molecule has 0 heterocycles. The van der Waals surface area contributed by atoms with Crippen LogP contribution in [0.5, 0.6) is 0 Å². The zero-order valence-corrected chi connectivity index (χ0v) is 11.2. The molecular weight excluding hydrogens is 314 g/mol. The highest BCUT2D eigenvalue weighted by Crippen LogP contribution is 2.30. The molecule has 0 bridgehead atoms. The molecule has 0 radical (unpaired) electrons. The Morgan fingerprint density at radius 3 is 2.00 bits per heavy atom. The molecule has 0 aliphatic rings. The molecule has 0 aliphatic carbocycles. The average Bonchev–Trinajstić information content (AvgIpc) is 2.39. The largest absolute Gasteiger partial charge is 0.319 e. The number of carbonyl (C=O) groups is 1. The summed E-state index contributed by atoms with van der Waals surface area (Å²) in [5.74, 6) is -5.42. The van der Waals surface area contributed by atoms with Gasteiger partial charge in [0, 0.05) is 5.56 Å². The second kappa shape index (κ2) is 5.73. The first-order valence-electron chi connectivity index (χ1n) is 5.30. The minimum Gasteiger partial charge on any atom is -0.319 e. The first-order chi connectivity index (χ1) is 9.40. The van der Waals surface area contributed by atoms with Crippen LogP contribution in [0.25, 0.3) is 0 Å². The van der Waals surface area contributed by atoms with Crippen LogP contribution in [-0.4, -0.2) is 5.91 Å². The highest BCUT2D eigenvalue weighted by atomic mass is 35.5. The third kappa shape index (κ3) is 2.89. The van der Waals surface area contributed by atoms with Crippen molar-refractivity contribution in [2.24, 2.45) is 0 Å². The van der Waals surface area contributed by atoms with E-state index in [1.807, 2.05) is 0 Å². The van der Waals surface area contributed by atoms with Crippen LogP contribution in [0.15, 0.2) is 30.3 Å². The van der Waals surface area contributed by atoms with Crippen molar-refractivity contribution in [3.8, 4) is 0 Å². The molecule has 0 saturated carbocycles. The number of benzene rings is 2. The zero-order chi connectivity index (χ0) is 14.9. The van der Waals surface area contributed by atoms with Gasteiger partial charge in [0.1, 0.15) is 0 Å². The van der Waals surface area contributed by atoms with Gasteiger partial charge in [-0.3, -0.25) is 4.79 Å². The van der Waals surface area contributed by atoms with Gasteiger partial charge in [0.05, 0.1) is 15.7 Å². The average molecular weight is 320 g/mol. The second-order valence-corrected chi connectivity index (χ2v) is 4.62. The fraction of sp³-hybridized carbons (Fsp3) is 0. The highest BCUT2D eigenvalue weighted by molar-refractivity contribution is 6.40. The maximum absolute atomic E-state index is 13.1. The third-order valence-corrected chi connectivity index (χ3v) is 3.08. The van der Waals surface area contributed by atoms with Crippen molar-refractivity contribution in [2.45, 2.75) is 0 Å². The van der Waals surface area contributed by atoms with E-state index in [1.165, 1.54) is 12.1 Å². The van der Waals surface area contributed by atoms with Crippen molar-refractivity contribution in [2.75, 3.05) is 5.32 Å². The van der Waals surface area contributed by atoms with E-state index in [9.17, 15) is 18.0 Å². The quantitative estimate of drug-likeness (QED) is 0.801. The summed E-state index contributed by atoms with van der Waals surface area (Å²) in [6, 6.07) is 5.69. The van der Waals surface area contributed by atoms with E-state index in [0.29, 0.717) is 12.1 Å². The SMILES string of the molecule is O=C(Nc1c(Cl)cccc1Cl)c1cc(F)c(F)c(F)c1. The molecule has 0 atom stereocenters. The number of anilines is 1. The molecule has 0 fully saturated rings. The fourth-order valence-electron chi connectivity index (χ4n) is 1.49. The summed E-state index contributed by atoms with van der Waals surface area (Å²) < 4.78 is 38.9. The summed E-state index contributed by atoms with van der Waals surface area (Å²) in [6.07, 6.45) is 0. The number of amides is 1. The van der Waals surface area contributed by atoms with E-state index in [4.69, 9.17) is 23.2 Å². The number of hydrogen-bond acceptors (Lipinski definition) is 1. The summed E-state index contributed by atoms with van der Waals surface area (Å²) in [7, 11) is 0. The Kier molecular flexibility index (Phi) is 4.20. The van der Waals surface area contributed by atoms with Gasteiger partial charge in [0.2, 0.25) is 0 Å². The molecular formula is C13H6Cl2F3NO. The van der Waals surface area contributed by atoms with Crippen molar-refractivity contribution < 1.29 is 18.0 Å². The van der Waals surface area contributed by atoms with Gasteiger partial charge in [-0.25, -0.2) is 13.2 Å². The summed E-state index contributed by atoms with van der Waals surface area (Å²) >= 11 is 11.7. The van der Waals surface area contributed by atoms with Crippen LogP contribution >= 0.6 is 23.2 Å². The standard InChI is InChI=1S/C13H6Cl2F3NO/c14-7-2-1-3-8(15)12(7)19-13(20)6-4-9(16)11(18)10(17)5-6/h1-5H,(H,19,20). The van der Waals surface area contributed by atoms with Crippen molar-refractivity contribution in [3.05, 3.63) is 63.4 Å². The number of para-hydroxylation sites is 1. The lowest BCUT2D eigenvalue weighted by Gasteiger charge is -2.09. The molecule has 0 saturated heterocycles. The lowest BCUT2D eigenvalue weighted by molar-refractivity contribution is 0.102. The maximum Gasteiger partial charge on any atom is 0.255 e. The van der Waals surface area contributed by atoms with Gasteiger partial charge in [-0.2, -0.15) is 0 Å². The Morgan fingerprint density at radius 2 is 1.50 bits per heavy atom. The molecule has 2 aromatic carbocycles. The third-order valence-electron chi connectivity index (χ3n) is 2.45. The van der Waals surface area contributed by atoms with Gasteiger partial charge in [-0.1, -0.05) is 29.3 Å². The Hall–Kier alpha value is -1.72. The topological polar surface area (TPSA) is 29.1 Å². The fourth-order valence-corrected chi connectivity index (χ4v) is 1.98. The molecule has 0 spiro atoms. The molecule has 1 amide bonds. The molecule has 2 aromatic rings. The number of nitrogens with one attached hydrogen (secondary N) is 1. The van der Waals surface area contributed by atoms with Crippen LogP contribution in [0.3, 0.4) is 0 Å². The Balaban J connectivity index is 2.34. The number of carbonyl (C=O) groups excluding carboxylic acids is 1. The molecule has 2 nitrogen and oxygen atoms in total. The molecule has 0 unspecified atom stereocenters. The number of halogens is 5. The molecule has 104 valence electrons. The molecule has 20 heavy (non-hydrogen) atoms. The van der Waals surface area contributed by atoms with Gasteiger partial charge in [-0.05, 0) is 24.3 Å². The predicted molar refractivity (Wildman–Crippen MR) is 70.7 cm³/mol. The molecule has 7 heteroatoms. The lowest BCUT2D eigenvalue weighted by atomic mass is 10.2. The Labute approximate surface area is 122 Å². The summed E-state index contributed by atoms with van der Waals surface area (Å²) in [5.41, 5.74) is -0.289. The Morgan fingerprint density at radius 1 is 1.00 bits per heavy atom. The van der Waals surface area contributed by atoms with E-state index < -0.39 is 28.9 Å². The molecule has 2 rings (SSSR count). The highest BCUT2D eigenvalue weighted by Gasteiger charge is 2.16. The van der Waals surface area contributed by atoms with Crippen LogP contribution in [-0.2, 0) is 0 Å². The summed E-state index contributed by atoms with van der Waals surface area (Å²) in [4.78, 5) is 11.9. The first kappa shape index (κ1) is 14.7. The van der Waals surface area contributed by atoms with Gasteiger partial charge < -0.3 is 5.32 Å². The molecule has 0 aromatic heterocycles. The van der Waals surface area contributed by atoms with E-state index in [2.05, 4.69) is 5.32 Å². The van der Waals surface area contributed by atoms with E-state index in [-0.39, 0.29) is 15.7 Å². The van der Waals surface area contributed by atoms with Gasteiger partial charge in [-0.15, -0.1) is 0 Å². The molecule has 0 aliphatic heterocycles.